The van der Waals surface area contributed by atoms with Crippen molar-refractivity contribution in [2.75, 3.05) is 25.0 Å². The average Bonchev–Trinajstić information content (AvgIpc) is 2.58. The van der Waals surface area contributed by atoms with Gasteiger partial charge in [-0.1, -0.05) is 6.07 Å². The number of guanidine groups is 1. The predicted octanol–water partition coefficient (Wildman–Crippen LogP) is 1.25. The molecule has 7 nitrogen and oxygen atoms in total. The Morgan fingerprint density at radius 3 is 2.88 bits per heavy atom. The summed E-state index contributed by atoms with van der Waals surface area (Å²) < 4.78 is 0. The second-order valence-corrected chi connectivity index (χ2v) is 7.47. The smallest absolute Gasteiger partial charge is 0.222 e. The van der Waals surface area contributed by atoms with Crippen LogP contribution in [-0.4, -0.2) is 42.5 Å². The summed E-state index contributed by atoms with van der Waals surface area (Å²) in [5.74, 6) is 1.32. The van der Waals surface area contributed by atoms with Crippen LogP contribution in [0.3, 0.4) is 0 Å². The molecule has 1 amide bonds. The molecule has 7 heteroatoms. The Morgan fingerprint density at radius 1 is 1.48 bits per heavy atom. The topological polar surface area (TPSA) is 95.6 Å². The fourth-order valence-electron chi connectivity index (χ4n) is 2.97. The minimum absolute atomic E-state index is 0.0683. The number of nitrogens with one attached hydrogen (secondary N) is 2. The molecule has 2 heterocycles. The third-order valence-electron chi connectivity index (χ3n) is 4.15. The number of aromatic nitrogens is 1. The van der Waals surface area contributed by atoms with Crippen LogP contribution < -0.4 is 21.3 Å². The van der Waals surface area contributed by atoms with Crippen molar-refractivity contribution in [3.63, 3.8) is 0 Å². The number of primary amides is 1. The highest BCUT2D eigenvalue weighted by Crippen LogP contribution is 2.24. The number of pyridine rings is 1. The maximum absolute atomic E-state index is 11.5. The molecule has 138 valence electrons. The molecule has 0 saturated carbocycles. The van der Waals surface area contributed by atoms with Crippen LogP contribution in [0, 0.1) is 5.92 Å². The molecule has 0 aliphatic carbocycles. The van der Waals surface area contributed by atoms with Crippen LogP contribution in [-0.2, 0) is 11.3 Å². The van der Waals surface area contributed by atoms with Crippen LogP contribution in [0.25, 0.3) is 0 Å². The van der Waals surface area contributed by atoms with E-state index in [1.165, 1.54) is 0 Å². The van der Waals surface area contributed by atoms with Crippen molar-refractivity contribution in [1.82, 2.24) is 15.6 Å². The molecule has 1 atom stereocenters. The lowest BCUT2D eigenvalue weighted by Crippen LogP contribution is -2.47. The Balaban J connectivity index is 2.09. The summed E-state index contributed by atoms with van der Waals surface area (Å²) in [5, 5.41) is 6.68. The van der Waals surface area contributed by atoms with E-state index >= 15 is 0 Å². The first-order valence-corrected chi connectivity index (χ1v) is 8.77. The number of carbonyl (C=O) groups excluding carboxylic acids is 1. The van der Waals surface area contributed by atoms with Crippen molar-refractivity contribution < 1.29 is 4.79 Å². The number of hydrogen-bond acceptors (Lipinski definition) is 4. The van der Waals surface area contributed by atoms with Gasteiger partial charge in [-0.05, 0) is 39.7 Å². The molecule has 1 saturated heterocycles. The number of rotatable bonds is 4. The molecule has 1 aliphatic rings. The number of nitrogens with zero attached hydrogens (tertiary/aromatic N) is 3. The molecule has 1 aliphatic heterocycles. The molecule has 0 radical (unpaired) electrons. The van der Waals surface area contributed by atoms with Crippen LogP contribution in [0.5, 0.6) is 0 Å². The van der Waals surface area contributed by atoms with Gasteiger partial charge in [-0.25, -0.2) is 4.98 Å². The van der Waals surface area contributed by atoms with Gasteiger partial charge in [0.05, 0.1) is 5.92 Å². The molecule has 0 spiro atoms. The first kappa shape index (κ1) is 19.0. The lowest BCUT2D eigenvalue weighted by atomic mass is 9.97. The number of anilines is 1. The van der Waals surface area contributed by atoms with Gasteiger partial charge in [-0.2, -0.15) is 0 Å². The lowest BCUT2D eigenvalue weighted by molar-refractivity contribution is -0.122. The minimum atomic E-state index is -0.227. The predicted molar refractivity (Wildman–Crippen MR) is 101 cm³/mol. The van der Waals surface area contributed by atoms with Crippen molar-refractivity contribution in [2.45, 2.75) is 45.7 Å². The zero-order chi connectivity index (χ0) is 18.4. The molecule has 4 N–H and O–H groups in total. The fraction of sp³-hybridized carbons (Fsp3) is 0.611. The van der Waals surface area contributed by atoms with Gasteiger partial charge < -0.3 is 21.3 Å². The molecule has 1 fully saturated rings. The Kier molecular flexibility index (Phi) is 6.22. The molecule has 1 unspecified atom stereocenters. The largest absolute Gasteiger partial charge is 0.369 e. The average molecular weight is 346 g/mol. The molecule has 1 aromatic rings. The summed E-state index contributed by atoms with van der Waals surface area (Å²) in [6.45, 7) is 8.40. The van der Waals surface area contributed by atoms with E-state index in [1.54, 1.807) is 13.2 Å². The molecular weight excluding hydrogens is 316 g/mol. The van der Waals surface area contributed by atoms with Gasteiger partial charge in [0, 0.05) is 44.0 Å². The van der Waals surface area contributed by atoms with E-state index in [9.17, 15) is 4.79 Å². The van der Waals surface area contributed by atoms with Crippen LogP contribution in [0.4, 0.5) is 5.82 Å². The number of aliphatic imine (C=N–C) groups is 1. The maximum atomic E-state index is 11.5. The van der Waals surface area contributed by atoms with Gasteiger partial charge in [-0.15, -0.1) is 0 Å². The summed E-state index contributed by atoms with van der Waals surface area (Å²) >= 11 is 0. The normalized spacial score (nSPS) is 18.8. The summed E-state index contributed by atoms with van der Waals surface area (Å²) in [7, 11) is 1.76. The third-order valence-corrected chi connectivity index (χ3v) is 4.15. The second-order valence-electron chi connectivity index (χ2n) is 7.47. The molecule has 0 aromatic carbocycles. The van der Waals surface area contributed by atoms with E-state index in [0.29, 0.717) is 13.1 Å². The quantitative estimate of drug-likeness (QED) is 0.563. The van der Waals surface area contributed by atoms with Crippen molar-refractivity contribution in [1.29, 1.82) is 0 Å². The Hall–Kier alpha value is -2.31. The summed E-state index contributed by atoms with van der Waals surface area (Å²) in [6.07, 6.45) is 3.59. The fourth-order valence-corrected chi connectivity index (χ4v) is 2.97. The number of nitrogens with two attached hydrogens (primary N) is 1. The Bertz CT molecular complexity index is 622. The van der Waals surface area contributed by atoms with E-state index < -0.39 is 0 Å². The Labute approximate surface area is 150 Å². The van der Waals surface area contributed by atoms with Crippen LogP contribution in [0.1, 0.15) is 39.2 Å². The van der Waals surface area contributed by atoms with Gasteiger partial charge in [0.2, 0.25) is 5.91 Å². The molecule has 1 aromatic heterocycles. The van der Waals surface area contributed by atoms with Crippen LogP contribution in [0.15, 0.2) is 23.3 Å². The standard InChI is InChI=1S/C18H30N6O/c1-18(2,3)23-17(20-4)22-11-13-7-5-9-21-16(13)24-10-6-8-14(12-24)15(19)25/h5,7,9,14H,6,8,10-12H2,1-4H3,(H2,19,25)(H2,20,22,23). The first-order chi connectivity index (χ1) is 11.8. The number of amides is 1. The number of piperidine rings is 1. The van der Waals surface area contributed by atoms with Gasteiger partial charge in [-0.3, -0.25) is 9.79 Å². The van der Waals surface area contributed by atoms with Crippen molar-refractivity contribution in [2.24, 2.45) is 16.6 Å². The van der Waals surface area contributed by atoms with Crippen molar-refractivity contribution in [3.8, 4) is 0 Å². The summed E-state index contributed by atoms with van der Waals surface area (Å²) in [5.41, 5.74) is 6.50. The van der Waals surface area contributed by atoms with Gasteiger partial charge in [0.1, 0.15) is 5.82 Å². The van der Waals surface area contributed by atoms with E-state index in [0.717, 1.165) is 36.7 Å². The van der Waals surface area contributed by atoms with E-state index in [1.807, 2.05) is 12.1 Å². The molecule has 25 heavy (non-hydrogen) atoms. The van der Waals surface area contributed by atoms with E-state index in [4.69, 9.17) is 5.73 Å². The summed E-state index contributed by atoms with van der Waals surface area (Å²) in [6, 6.07) is 3.98. The third kappa shape index (κ3) is 5.62. The van der Waals surface area contributed by atoms with Crippen molar-refractivity contribution >= 4 is 17.7 Å². The van der Waals surface area contributed by atoms with Crippen molar-refractivity contribution in [3.05, 3.63) is 23.9 Å². The highest BCUT2D eigenvalue weighted by molar-refractivity contribution is 5.80. The zero-order valence-electron chi connectivity index (χ0n) is 15.7. The monoisotopic (exact) mass is 346 g/mol. The first-order valence-electron chi connectivity index (χ1n) is 8.77. The minimum Gasteiger partial charge on any atom is -0.369 e. The van der Waals surface area contributed by atoms with E-state index in [2.05, 4.69) is 46.3 Å². The number of carbonyl (C=O) groups is 1. The highest BCUT2D eigenvalue weighted by atomic mass is 16.1. The molecular formula is C18H30N6O. The van der Waals surface area contributed by atoms with Gasteiger partial charge in [0.25, 0.3) is 0 Å². The van der Waals surface area contributed by atoms with E-state index in [-0.39, 0.29) is 17.4 Å². The highest BCUT2D eigenvalue weighted by Gasteiger charge is 2.26. The van der Waals surface area contributed by atoms with Gasteiger partial charge in [0.15, 0.2) is 5.96 Å². The Morgan fingerprint density at radius 2 is 2.24 bits per heavy atom. The zero-order valence-corrected chi connectivity index (χ0v) is 15.7. The summed E-state index contributed by atoms with van der Waals surface area (Å²) in [4.78, 5) is 22.5. The molecule has 2 rings (SSSR count). The van der Waals surface area contributed by atoms with Gasteiger partial charge >= 0.3 is 0 Å². The number of hydrogen-bond donors (Lipinski definition) is 3. The lowest BCUT2D eigenvalue weighted by Gasteiger charge is -2.33. The van der Waals surface area contributed by atoms with Crippen LogP contribution >= 0.6 is 0 Å². The SMILES string of the molecule is CN=C(NCc1cccnc1N1CCCC(C(N)=O)C1)NC(C)(C)C. The molecule has 0 bridgehead atoms. The maximum Gasteiger partial charge on any atom is 0.222 e. The second kappa shape index (κ2) is 8.18. The van der Waals surface area contributed by atoms with Crippen LogP contribution in [0.2, 0.25) is 0 Å².